The van der Waals surface area contributed by atoms with Gasteiger partial charge in [0.1, 0.15) is 0 Å². The minimum absolute atomic E-state index is 0.0875. The maximum atomic E-state index is 5.77. The lowest BCUT2D eigenvalue weighted by molar-refractivity contribution is 0.0274. The normalized spacial score (nSPS) is 19.6. The predicted molar refractivity (Wildman–Crippen MR) is 72.9 cm³/mol. The van der Waals surface area contributed by atoms with Gasteiger partial charge in [-0.3, -0.25) is 0 Å². The molecule has 1 atom stereocenters. The average molecular weight is 269 g/mol. The number of morpholine rings is 1. The van der Waals surface area contributed by atoms with Crippen LogP contribution in [0.4, 0.5) is 0 Å². The molecule has 2 rings (SSSR count). The van der Waals surface area contributed by atoms with Crippen LogP contribution in [-0.2, 0) is 4.74 Å². The van der Waals surface area contributed by atoms with E-state index in [1.165, 1.54) is 0 Å². The molecule has 100 valence electrons. The fourth-order valence-electron chi connectivity index (χ4n) is 2.07. The molecule has 4 nitrogen and oxygen atoms in total. The van der Waals surface area contributed by atoms with Gasteiger partial charge in [-0.2, -0.15) is 0 Å². The number of methoxy groups -OCH3 is 2. The Kier molecular flexibility index (Phi) is 4.74. The Morgan fingerprint density at radius 2 is 2.17 bits per heavy atom. The Morgan fingerprint density at radius 3 is 2.72 bits per heavy atom. The summed E-state index contributed by atoms with van der Waals surface area (Å²) in [5.41, 5.74) is 1.13. The lowest BCUT2D eigenvalue weighted by Crippen LogP contribution is -2.33. The molecule has 5 heteroatoms. The van der Waals surface area contributed by atoms with Crippen LogP contribution in [0, 0.1) is 0 Å². The summed E-state index contributed by atoms with van der Waals surface area (Å²) < 4.78 is 16.6. The number of ether oxygens (including phenoxy) is 3. The van der Waals surface area contributed by atoms with Crippen LogP contribution < -0.4 is 14.8 Å². The van der Waals surface area contributed by atoms with Crippen LogP contribution in [0.5, 0.6) is 11.5 Å². The molecule has 0 spiro atoms. The summed E-state index contributed by atoms with van der Waals surface area (Å²) in [5, 5.41) is 3.33. The van der Waals surface area contributed by atoms with Crippen LogP contribution in [0.15, 0.2) is 17.0 Å². The van der Waals surface area contributed by atoms with E-state index in [0.29, 0.717) is 0 Å². The molecule has 1 aliphatic heterocycles. The van der Waals surface area contributed by atoms with Crippen LogP contribution in [0.1, 0.15) is 11.7 Å². The molecule has 1 fully saturated rings. The molecule has 0 radical (unpaired) electrons. The standard InChI is InChI=1S/C13H19NO3S/c1-15-10-6-9(11-8-14-4-5-17-11)7-12(18-3)13(10)16-2/h6-7,11,14H,4-5,8H2,1-3H3. The van der Waals surface area contributed by atoms with Crippen molar-refractivity contribution in [1.29, 1.82) is 0 Å². The Morgan fingerprint density at radius 1 is 1.33 bits per heavy atom. The van der Waals surface area contributed by atoms with Gasteiger partial charge in [0.05, 0.1) is 31.8 Å². The number of nitrogens with one attached hydrogen (secondary N) is 1. The lowest BCUT2D eigenvalue weighted by Gasteiger charge is -2.25. The van der Waals surface area contributed by atoms with Crippen molar-refractivity contribution in [3.63, 3.8) is 0 Å². The summed E-state index contributed by atoms with van der Waals surface area (Å²) in [6.07, 6.45) is 2.12. The highest BCUT2D eigenvalue weighted by atomic mass is 32.2. The first-order valence-corrected chi connectivity index (χ1v) is 7.14. The third-order valence-corrected chi connectivity index (χ3v) is 3.73. The van der Waals surface area contributed by atoms with Crippen molar-refractivity contribution in [2.24, 2.45) is 0 Å². The molecule has 0 saturated carbocycles. The zero-order valence-corrected chi connectivity index (χ0v) is 11.8. The highest BCUT2D eigenvalue weighted by Gasteiger charge is 2.20. The Bertz CT molecular complexity index is 380. The fourth-order valence-corrected chi connectivity index (χ4v) is 2.69. The molecular weight excluding hydrogens is 250 g/mol. The van der Waals surface area contributed by atoms with E-state index >= 15 is 0 Å². The fraction of sp³-hybridized carbons (Fsp3) is 0.538. The monoisotopic (exact) mass is 269 g/mol. The summed E-state index contributed by atoms with van der Waals surface area (Å²) >= 11 is 1.65. The van der Waals surface area contributed by atoms with Gasteiger partial charge in [0.25, 0.3) is 0 Å². The molecule has 0 aromatic heterocycles. The van der Waals surface area contributed by atoms with E-state index in [0.717, 1.165) is 41.7 Å². The molecule has 1 unspecified atom stereocenters. The lowest BCUT2D eigenvalue weighted by atomic mass is 10.1. The first-order valence-electron chi connectivity index (χ1n) is 5.92. The largest absolute Gasteiger partial charge is 0.493 e. The van der Waals surface area contributed by atoms with Gasteiger partial charge < -0.3 is 19.5 Å². The van der Waals surface area contributed by atoms with Gasteiger partial charge in [-0.15, -0.1) is 11.8 Å². The van der Waals surface area contributed by atoms with E-state index in [1.54, 1.807) is 26.0 Å². The molecule has 1 aromatic rings. The van der Waals surface area contributed by atoms with E-state index in [2.05, 4.69) is 11.4 Å². The second kappa shape index (κ2) is 6.31. The van der Waals surface area contributed by atoms with Gasteiger partial charge in [-0.05, 0) is 24.0 Å². The van der Waals surface area contributed by atoms with Crippen LogP contribution in [0.3, 0.4) is 0 Å². The zero-order chi connectivity index (χ0) is 13.0. The van der Waals surface area contributed by atoms with Crippen molar-refractivity contribution in [3.8, 4) is 11.5 Å². The van der Waals surface area contributed by atoms with Gasteiger partial charge >= 0.3 is 0 Å². The smallest absolute Gasteiger partial charge is 0.174 e. The molecule has 1 saturated heterocycles. The minimum Gasteiger partial charge on any atom is -0.493 e. The number of hydrogen-bond acceptors (Lipinski definition) is 5. The van der Waals surface area contributed by atoms with E-state index in [1.807, 2.05) is 12.3 Å². The third kappa shape index (κ3) is 2.74. The van der Waals surface area contributed by atoms with Gasteiger partial charge in [0.15, 0.2) is 11.5 Å². The van der Waals surface area contributed by atoms with Gasteiger partial charge in [-0.1, -0.05) is 0 Å². The average Bonchev–Trinajstić information content (AvgIpc) is 2.46. The topological polar surface area (TPSA) is 39.7 Å². The van der Waals surface area contributed by atoms with Crippen molar-refractivity contribution in [1.82, 2.24) is 5.32 Å². The second-order valence-corrected chi connectivity index (χ2v) is 4.87. The summed E-state index contributed by atoms with van der Waals surface area (Å²) in [7, 11) is 3.32. The zero-order valence-electron chi connectivity index (χ0n) is 11.0. The number of benzene rings is 1. The highest BCUT2D eigenvalue weighted by Crippen LogP contribution is 2.39. The van der Waals surface area contributed by atoms with E-state index in [-0.39, 0.29) is 6.10 Å². The Hall–Kier alpha value is -0.910. The van der Waals surface area contributed by atoms with Crippen molar-refractivity contribution in [2.45, 2.75) is 11.0 Å². The molecule has 0 aliphatic carbocycles. The SMILES string of the molecule is COc1cc(C2CNCCO2)cc(SC)c1OC. The first-order chi connectivity index (χ1) is 8.80. The summed E-state index contributed by atoms with van der Waals surface area (Å²) in [6.45, 7) is 2.50. The number of thioether (sulfide) groups is 1. The highest BCUT2D eigenvalue weighted by molar-refractivity contribution is 7.98. The van der Waals surface area contributed by atoms with Crippen molar-refractivity contribution in [2.75, 3.05) is 40.2 Å². The van der Waals surface area contributed by atoms with Crippen molar-refractivity contribution in [3.05, 3.63) is 17.7 Å². The van der Waals surface area contributed by atoms with Crippen molar-refractivity contribution < 1.29 is 14.2 Å². The number of rotatable bonds is 4. The summed E-state index contributed by atoms with van der Waals surface area (Å²) in [6, 6.07) is 4.11. The van der Waals surface area contributed by atoms with Crippen LogP contribution in [-0.4, -0.2) is 40.2 Å². The molecule has 1 heterocycles. The minimum atomic E-state index is 0.0875. The molecule has 0 bridgehead atoms. The van der Waals surface area contributed by atoms with E-state index in [4.69, 9.17) is 14.2 Å². The van der Waals surface area contributed by atoms with E-state index < -0.39 is 0 Å². The summed E-state index contributed by atoms with van der Waals surface area (Å²) in [5.74, 6) is 1.55. The first kappa shape index (κ1) is 13.5. The van der Waals surface area contributed by atoms with E-state index in [9.17, 15) is 0 Å². The Labute approximate surface area is 112 Å². The molecule has 0 amide bonds. The summed E-state index contributed by atoms with van der Waals surface area (Å²) in [4.78, 5) is 1.07. The quantitative estimate of drug-likeness (QED) is 0.847. The molecule has 1 aromatic carbocycles. The van der Waals surface area contributed by atoms with Gasteiger partial charge in [0.2, 0.25) is 0 Å². The third-order valence-electron chi connectivity index (χ3n) is 2.99. The van der Waals surface area contributed by atoms with Crippen LogP contribution in [0.2, 0.25) is 0 Å². The molecule has 1 N–H and O–H groups in total. The van der Waals surface area contributed by atoms with Gasteiger partial charge in [-0.25, -0.2) is 0 Å². The van der Waals surface area contributed by atoms with Gasteiger partial charge in [0, 0.05) is 13.1 Å². The molecule has 18 heavy (non-hydrogen) atoms. The molecule has 1 aliphatic rings. The van der Waals surface area contributed by atoms with Crippen molar-refractivity contribution >= 4 is 11.8 Å². The molecular formula is C13H19NO3S. The number of hydrogen-bond donors (Lipinski definition) is 1. The predicted octanol–water partition coefficient (Wildman–Crippen LogP) is 2.09. The Balaban J connectivity index is 2.35. The van der Waals surface area contributed by atoms with Crippen LogP contribution in [0.25, 0.3) is 0 Å². The second-order valence-electron chi connectivity index (χ2n) is 4.02. The maximum absolute atomic E-state index is 5.77. The van der Waals surface area contributed by atoms with Crippen LogP contribution >= 0.6 is 11.8 Å². The maximum Gasteiger partial charge on any atom is 0.174 e.